The molecule has 0 radical (unpaired) electrons. The standard InChI is InChI=1S/C15H19NO2/c1-14(2)12(13(17)15(3,4)18-14)10-16-11-8-6-5-7-9-11/h5-10,16H,1-4H3. The minimum Gasteiger partial charge on any atom is -0.361 e. The maximum Gasteiger partial charge on any atom is 0.194 e. The SMILES string of the molecule is CC1(C)OC(C)(C)C(=CNc2ccccc2)C1=O. The maximum absolute atomic E-state index is 12.2. The fourth-order valence-electron chi connectivity index (χ4n) is 2.27. The van der Waals surface area contributed by atoms with E-state index >= 15 is 0 Å². The van der Waals surface area contributed by atoms with Crippen LogP contribution < -0.4 is 5.32 Å². The summed E-state index contributed by atoms with van der Waals surface area (Å²) in [5.41, 5.74) is 0.338. The molecule has 1 fully saturated rings. The molecule has 1 aromatic carbocycles. The molecule has 1 aromatic rings. The van der Waals surface area contributed by atoms with Crippen molar-refractivity contribution in [3.05, 3.63) is 42.1 Å². The molecular formula is C15H19NO2. The first-order valence-electron chi connectivity index (χ1n) is 6.10. The minimum absolute atomic E-state index is 0.0379. The molecule has 0 amide bonds. The second kappa shape index (κ2) is 4.25. The third-order valence-electron chi connectivity index (χ3n) is 3.11. The van der Waals surface area contributed by atoms with Crippen molar-refractivity contribution in [2.75, 3.05) is 5.32 Å². The van der Waals surface area contributed by atoms with Gasteiger partial charge in [-0.05, 0) is 39.8 Å². The third kappa shape index (κ3) is 2.31. The zero-order valence-electron chi connectivity index (χ0n) is 11.3. The van der Waals surface area contributed by atoms with Gasteiger partial charge in [-0.2, -0.15) is 0 Å². The lowest BCUT2D eigenvalue weighted by atomic mass is 9.93. The summed E-state index contributed by atoms with van der Waals surface area (Å²) in [5.74, 6) is 0.0379. The number of anilines is 1. The summed E-state index contributed by atoms with van der Waals surface area (Å²) < 4.78 is 5.79. The van der Waals surface area contributed by atoms with Gasteiger partial charge >= 0.3 is 0 Å². The molecule has 0 spiro atoms. The van der Waals surface area contributed by atoms with Crippen LogP contribution in [0, 0.1) is 0 Å². The Bertz CT molecular complexity index is 486. The van der Waals surface area contributed by atoms with E-state index in [1.807, 2.05) is 44.2 Å². The Morgan fingerprint density at radius 1 is 1.06 bits per heavy atom. The molecule has 0 bridgehead atoms. The number of hydrogen-bond donors (Lipinski definition) is 1. The van der Waals surface area contributed by atoms with E-state index in [2.05, 4.69) is 5.32 Å². The van der Waals surface area contributed by atoms with Crippen LogP contribution in [0.5, 0.6) is 0 Å². The van der Waals surface area contributed by atoms with Gasteiger partial charge in [0.15, 0.2) is 5.78 Å². The first kappa shape index (κ1) is 12.8. The third-order valence-corrected chi connectivity index (χ3v) is 3.11. The van der Waals surface area contributed by atoms with Gasteiger partial charge in [0.05, 0.1) is 5.60 Å². The normalized spacial score (nSPS) is 23.3. The van der Waals surface area contributed by atoms with Gasteiger partial charge in [-0.25, -0.2) is 0 Å². The molecule has 1 aliphatic heterocycles. The van der Waals surface area contributed by atoms with Crippen molar-refractivity contribution >= 4 is 11.5 Å². The number of ether oxygens (including phenoxy) is 1. The summed E-state index contributed by atoms with van der Waals surface area (Å²) in [7, 11) is 0. The Kier molecular flexibility index (Phi) is 3.03. The molecule has 96 valence electrons. The molecule has 0 atom stereocenters. The number of rotatable bonds is 2. The molecule has 0 aliphatic carbocycles. The van der Waals surface area contributed by atoms with E-state index in [1.54, 1.807) is 20.0 Å². The molecule has 2 rings (SSSR count). The summed E-state index contributed by atoms with van der Waals surface area (Å²) >= 11 is 0. The summed E-state index contributed by atoms with van der Waals surface area (Å²) in [6, 6.07) is 9.76. The van der Waals surface area contributed by atoms with Gasteiger partial charge in [-0.15, -0.1) is 0 Å². The molecule has 1 saturated heterocycles. The van der Waals surface area contributed by atoms with Gasteiger partial charge in [0.25, 0.3) is 0 Å². The van der Waals surface area contributed by atoms with E-state index in [9.17, 15) is 4.79 Å². The van der Waals surface area contributed by atoms with Crippen LogP contribution in [0.15, 0.2) is 42.1 Å². The first-order valence-corrected chi connectivity index (χ1v) is 6.10. The van der Waals surface area contributed by atoms with Crippen LogP contribution in [-0.2, 0) is 9.53 Å². The molecule has 0 aromatic heterocycles. The molecule has 1 N–H and O–H groups in total. The van der Waals surface area contributed by atoms with Crippen molar-refractivity contribution in [1.82, 2.24) is 0 Å². The Morgan fingerprint density at radius 3 is 2.17 bits per heavy atom. The van der Waals surface area contributed by atoms with Gasteiger partial charge in [-0.1, -0.05) is 18.2 Å². The van der Waals surface area contributed by atoms with Crippen LogP contribution >= 0.6 is 0 Å². The minimum atomic E-state index is -0.742. The molecule has 3 nitrogen and oxygen atoms in total. The zero-order chi connectivity index (χ0) is 13.4. The number of nitrogens with one attached hydrogen (secondary N) is 1. The molecule has 1 aliphatic rings. The van der Waals surface area contributed by atoms with E-state index < -0.39 is 11.2 Å². The Hall–Kier alpha value is -1.61. The van der Waals surface area contributed by atoms with E-state index in [0.717, 1.165) is 5.69 Å². The number of carbonyl (C=O) groups is 1. The average Bonchev–Trinajstić information content (AvgIpc) is 2.43. The smallest absolute Gasteiger partial charge is 0.194 e. The van der Waals surface area contributed by atoms with Gasteiger partial charge in [0.1, 0.15) is 5.60 Å². The van der Waals surface area contributed by atoms with Gasteiger partial charge in [0, 0.05) is 17.5 Å². The van der Waals surface area contributed by atoms with Crippen molar-refractivity contribution in [2.24, 2.45) is 0 Å². The first-order chi connectivity index (χ1) is 8.33. The van der Waals surface area contributed by atoms with Crippen molar-refractivity contribution < 1.29 is 9.53 Å². The van der Waals surface area contributed by atoms with Gasteiger partial charge < -0.3 is 10.1 Å². The number of carbonyl (C=O) groups excluding carboxylic acids is 1. The Morgan fingerprint density at radius 2 is 1.67 bits per heavy atom. The van der Waals surface area contributed by atoms with Gasteiger partial charge in [-0.3, -0.25) is 4.79 Å². The van der Waals surface area contributed by atoms with E-state index in [-0.39, 0.29) is 5.78 Å². The lowest BCUT2D eigenvalue weighted by Gasteiger charge is -2.22. The molecule has 1 heterocycles. The second-order valence-electron chi connectivity index (χ2n) is 5.52. The molecule has 0 unspecified atom stereocenters. The predicted molar refractivity (Wildman–Crippen MR) is 72.4 cm³/mol. The van der Waals surface area contributed by atoms with Gasteiger partial charge in [0.2, 0.25) is 0 Å². The fourth-order valence-corrected chi connectivity index (χ4v) is 2.27. The van der Waals surface area contributed by atoms with Crippen LogP contribution in [-0.4, -0.2) is 17.0 Å². The second-order valence-corrected chi connectivity index (χ2v) is 5.52. The van der Waals surface area contributed by atoms with Crippen LogP contribution in [0.25, 0.3) is 0 Å². The van der Waals surface area contributed by atoms with E-state index in [4.69, 9.17) is 4.74 Å². The van der Waals surface area contributed by atoms with E-state index in [1.165, 1.54) is 0 Å². The number of para-hydroxylation sites is 1. The zero-order valence-corrected chi connectivity index (χ0v) is 11.3. The van der Waals surface area contributed by atoms with Crippen LogP contribution in [0.4, 0.5) is 5.69 Å². The Labute approximate surface area is 108 Å². The highest BCUT2D eigenvalue weighted by molar-refractivity contribution is 6.05. The van der Waals surface area contributed by atoms with Crippen LogP contribution in [0.3, 0.4) is 0 Å². The topological polar surface area (TPSA) is 38.3 Å². The number of benzene rings is 1. The molecular weight excluding hydrogens is 226 g/mol. The lowest BCUT2D eigenvalue weighted by Crippen LogP contribution is -2.29. The summed E-state index contributed by atoms with van der Waals surface area (Å²) in [6.07, 6.45) is 1.76. The highest BCUT2D eigenvalue weighted by atomic mass is 16.5. The van der Waals surface area contributed by atoms with Crippen molar-refractivity contribution in [3.8, 4) is 0 Å². The number of Topliss-reactive ketones (excluding diaryl/α,β-unsaturated/α-hetero) is 1. The Balaban J connectivity index is 2.25. The largest absolute Gasteiger partial charge is 0.361 e. The molecule has 0 saturated carbocycles. The summed E-state index contributed by atoms with van der Waals surface area (Å²) in [5, 5.41) is 3.15. The number of ketones is 1. The summed E-state index contributed by atoms with van der Waals surface area (Å²) in [6.45, 7) is 7.44. The predicted octanol–water partition coefficient (Wildman–Crippen LogP) is 3.14. The van der Waals surface area contributed by atoms with Crippen LogP contribution in [0.2, 0.25) is 0 Å². The highest BCUT2D eigenvalue weighted by Gasteiger charge is 2.49. The van der Waals surface area contributed by atoms with E-state index in [0.29, 0.717) is 5.57 Å². The molecule has 18 heavy (non-hydrogen) atoms. The van der Waals surface area contributed by atoms with Crippen molar-refractivity contribution in [2.45, 2.75) is 38.9 Å². The molecule has 3 heteroatoms. The maximum atomic E-state index is 12.2. The van der Waals surface area contributed by atoms with Crippen molar-refractivity contribution in [1.29, 1.82) is 0 Å². The fraction of sp³-hybridized carbons (Fsp3) is 0.400. The summed E-state index contributed by atoms with van der Waals surface area (Å²) in [4.78, 5) is 12.2. The van der Waals surface area contributed by atoms with Crippen molar-refractivity contribution in [3.63, 3.8) is 0 Å². The monoisotopic (exact) mass is 245 g/mol. The average molecular weight is 245 g/mol. The number of hydrogen-bond acceptors (Lipinski definition) is 3. The highest BCUT2D eigenvalue weighted by Crippen LogP contribution is 2.38. The van der Waals surface area contributed by atoms with Crippen LogP contribution in [0.1, 0.15) is 27.7 Å². The quantitative estimate of drug-likeness (QED) is 0.813. The lowest BCUT2D eigenvalue weighted by molar-refractivity contribution is -0.132.